The molecular weight excluding hydrogens is 144 g/mol. The van der Waals surface area contributed by atoms with Gasteiger partial charge < -0.3 is 9.59 Å². The highest BCUT2D eigenvalue weighted by Gasteiger charge is 1.98. The Morgan fingerprint density at radius 1 is 1.11 bits per heavy atom. The van der Waals surface area contributed by atoms with Gasteiger partial charge in [-0.25, -0.2) is 0 Å². The summed E-state index contributed by atoms with van der Waals surface area (Å²) in [6.07, 6.45) is 0.506. The van der Waals surface area contributed by atoms with Gasteiger partial charge in [-0.1, -0.05) is 0 Å². The summed E-state index contributed by atoms with van der Waals surface area (Å²) >= 11 is 0. The predicted octanol–water partition coefficient (Wildman–Crippen LogP) is -1.32. The topological polar surface area (TPSA) is 68.3 Å². The van der Waals surface area contributed by atoms with Crippen LogP contribution in [-0.4, -0.2) is 26.4 Å². The molecule has 4 nitrogen and oxygen atoms in total. The van der Waals surface area contributed by atoms with Crippen molar-refractivity contribution in [3.63, 3.8) is 0 Å². The Bertz CT molecular complexity index is 209. The lowest BCUT2D eigenvalue weighted by atomic mass is 10.2. The standard InChI is InChI=1S/C4H4O4S/c5-1-4(2-6)3-9(7)8/h1-4H. The van der Waals surface area contributed by atoms with Crippen LogP contribution in [0.15, 0.2) is 0 Å². The maximum absolute atomic E-state index is 9.75. The summed E-state index contributed by atoms with van der Waals surface area (Å²) in [5, 5.41) is 0.625. The fraction of sp³-hybridized carbons (Fsp3) is 0.250. The first-order valence-corrected chi connectivity index (χ1v) is 3.18. The highest BCUT2D eigenvalue weighted by Crippen LogP contribution is 1.75. The second-order valence-corrected chi connectivity index (χ2v) is 2.04. The van der Waals surface area contributed by atoms with Crippen molar-refractivity contribution in [1.82, 2.24) is 0 Å². The van der Waals surface area contributed by atoms with Crippen LogP contribution in [0.1, 0.15) is 0 Å². The zero-order valence-corrected chi connectivity index (χ0v) is 5.17. The largest absolute Gasteiger partial charge is 0.302 e. The lowest BCUT2D eigenvalue weighted by Crippen LogP contribution is -2.04. The molecule has 0 unspecified atom stereocenters. The van der Waals surface area contributed by atoms with Crippen molar-refractivity contribution in [3.05, 3.63) is 0 Å². The molecule has 0 fully saturated rings. The van der Waals surface area contributed by atoms with Crippen LogP contribution in [0.25, 0.3) is 0 Å². The molecule has 0 spiro atoms. The Morgan fingerprint density at radius 2 is 1.56 bits per heavy atom. The molecule has 0 rings (SSSR count). The predicted molar refractivity (Wildman–Crippen MR) is 30.6 cm³/mol. The van der Waals surface area contributed by atoms with Gasteiger partial charge in [0.15, 0.2) is 0 Å². The molecule has 0 aromatic heterocycles. The van der Waals surface area contributed by atoms with E-state index in [1.54, 1.807) is 0 Å². The number of aldehydes is 2. The number of carbonyl (C=O) groups excluding carboxylic acids is 2. The van der Waals surface area contributed by atoms with E-state index in [4.69, 9.17) is 0 Å². The van der Waals surface area contributed by atoms with E-state index in [2.05, 4.69) is 0 Å². The summed E-state index contributed by atoms with van der Waals surface area (Å²) in [6, 6.07) is 0. The Labute approximate surface area is 53.0 Å². The van der Waals surface area contributed by atoms with Crippen molar-refractivity contribution in [1.29, 1.82) is 0 Å². The van der Waals surface area contributed by atoms with E-state index >= 15 is 0 Å². The van der Waals surface area contributed by atoms with Crippen LogP contribution in [0.5, 0.6) is 0 Å². The van der Waals surface area contributed by atoms with Crippen molar-refractivity contribution < 1.29 is 18.0 Å². The third-order valence-electron chi connectivity index (χ3n) is 0.583. The first-order chi connectivity index (χ1) is 4.20. The smallest absolute Gasteiger partial charge is 0.211 e. The molecule has 0 aromatic rings. The summed E-state index contributed by atoms with van der Waals surface area (Å²) < 4.78 is 19.5. The molecule has 50 valence electrons. The number of carbonyl (C=O) groups is 2. The monoisotopic (exact) mass is 148 g/mol. The third kappa shape index (κ3) is 3.60. The van der Waals surface area contributed by atoms with E-state index in [1.165, 1.54) is 0 Å². The summed E-state index contributed by atoms with van der Waals surface area (Å²) in [5.41, 5.74) is 0. The van der Waals surface area contributed by atoms with E-state index in [9.17, 15) is 18.0 Å². The summed E-state index contributed by atoms with van der Waals surface area (Å²) in [6.45, 7) is 0. The van der Waals surface area contributed by atoms with Crippen molar-refractivity contribution in [2.24, 2.45) is 5.92 Å². The molecule has 0 heterocycles. The van der Waals surface area contributed by atoms with Gasteiger partial charge in [-0.3, -0.25) is 0 Å². The van der Waals surface area contributed by atoms with Gasteiger partial charge in [0.05, 0.1) is 5.37 Å². The molecule has 0 aromatic carbocycles. The maximum atomic E-state index is 9.75. The highest BCUT2D eigenvalue weighted by molar-refractivity contribution is 7.71. The van der Waals surface area contributed by atoms with E-state index < -0.39 is 16.2 Å². The Hall–Kier alpha value is -0.970. The summed E-state index contributed by atoms with van der Waals surface area (Å²) in [5.74, 6) is -1.12. The first-order valence-electron chi connectivity index (χ1n) is 2.04. The van der Waals surface area contributed by atoms with Gasteiger partial charge in [-0.2, -0.15) is 8.42 Å². The number of rotatable bonds is 3. The zero-order chi connectivity index (χ0) is 7.28. The van der Waals surface area contributed by atoms with Crippen LogP contribution in [0.2, 0.25) is 0 Å². The van der Waals surface area contributed by atoms with Crippen molar-refractivity contribution in [3.8, 4) is 0 Å². The maximum Gasteiger partial charge on any atom is 0.211 e. The SMILES string of the molecule is O=CC(C=O)C=S(=O)=O. The number of hydrogen-bond donors (Lipinski definition) is 0. The Morgan fingerprint density at radius 3 is 1.67 bits per heavy atom. The molecule has 0 bridgehead atoms. The molecule has 0 atom stereocenters. The molecule has 0 radical (unpaired) electrons. The van der Waals surface area contributed by atoms with E-state index in [0.717, 1.165) is 0 Å². The van der Waals surface area contributed by atoms with Crippen LogP contribution < -0.4 is 0 Å². The average molecular weight is 148 g/mol. The van der Waals surface area contributed by atoms with Crippen LogP contribution in [-0.2, 0) is 19.9 Å². The Kier molecular flexibility index (Phi) is 3.54. The molecule has 0 saturated carbocycles. The van der Waals surface area contributed by atoms with Crippen LogP contribution >= 0.6 is 0 Å². The quantitative estimate of drug-likeness (QED) is 0.283. The van der Waals surface area contributed by atoms with Gasteiger partial charge in [-0.05, 0) is 0 Å². The highest BCUT2D eigenvalue weighted by atomic mass is 32.2. The Balaban J connectivity index is 4.34. The van der Waals surface area contributed by atoms with Crippen molar-refractivity contribution >= 4 is 28.2 Å². The van der Waals surface area contributed by atoms with Crippen LogP contribution in [0, 0.1) is 5.92 Å². The zero-order valence-electron chi connectivity index (χ0n) is 4.35. The van der Waals surface area contributed by atoms with E-state index in [0.29, 0.717) is 5.37 Å². The van der Waals surface area contributed by atoms with Gasteiger partial charge in [0.25, 0.3) is 0 Å². The first kappa shape index (κ1) is 8.03. The van der Waals surface area contributed by atoms with Gasteiger partial charge >= 0.3 is 0 Å². The molecule has 0 N–H and O–H groups in total. The minimum Gasteiger partial charge on any atom is -0.302 e. The lowest BCUT2D eigenvalue weighted by molar-refractivity contribution is -0.116. The van der Waals surface area contributed by atoms with Gasteiger partial charge in [-0.15, -0.1) is 0 Å². The minimum absolute atomic E-state index is 0.253. The van der Waals surface area contributed by atoms with Gasteiger partial charge in [0.1, 0.15) is 18.5 Å². The van der Waals surface area contributed by atoms with Crippen molar-refractivity contribution in [2.45, 2.75) is 0 Å². The summed E-state index contributed by atoms with van der Waals surface area (Å²) in [4.78, 5) is 19.5. The molecule has 0 amide bonds. The second-order valence-electron chi connectivity index (χ2n) is 1.25. The molecule has 9 heavy (non-hydrogen) atoms. The minimum atomic E-state index is -2.43. The molecule has 0 aliphatic carbocycles. The van der Waals surface area contributed by atoms with Crippen LogP contribution in [0.4, 0.5) is 0 Å². The van der Waals surface area contributed by atoms with Gasteiger partial charge in [0, 0.05) is 0 Å². The lowest BCUT2D eigenvalue weighted by Gasteiger charge is -1.81. The fourth-order valence-corrected chi connectivity index (χ4v) is 0.609. The third-order valence-corrected chi connectivity index (χ3v) is 1.12. The summed E-state index contributed by atoms with van der Waals surface area (Å²) in [7, 11) is -2.43. The van der Waals surface area contributed by atoms with Crippen molar-refractivity contribution in [2.75, 3.05) is 0 Å². The van der Waals surface area contributed by atoms with E-state index in [1.807, 2.05) is 0 Å². The molecular formula is C4H4O4S. The number of hydrogen-bond acceptors (Lipinski definition) is 4. The average Bonchev–Trinajstić information content (AvgIpc) is 1.82. The fourth-order valence-electron chi connectivity index (χ4n) is 0.225. The van der Waals surface area contributed by atoms with Crippen LogP contribution in [0.3, 0.4) is 0 Å². The normalized spacial score (nSPS) is 8.56. The molecule has 5 heteroatoms. The van der Waals surface area contributed by atoms with E-state index in [-0.39, 0.29) is 12.6 Å². The second kappa shape index (κ2) is 3.96. The van der Waals surface area contributed by atoms with Gasteiger partial charge in [0.2, 0.25) is 10.3 Å². The molecule has 0 saturated heterocycles. The molecule has 0 aliphatic rings. The molecule has 0 aliphatic heterocycles.